The van der Waals surface area contributed by atoms with Crippen LogP contribution in [0.4, 0.5) is 13.2 Å². The maximum Gasteiger partial charge on any atom is 0.417 e. The minimum Gasteiger partial charge on any atom is -0.493 e. The van der Waals surface area contributed by atoms with Gasteiger partial charge < -0.3 is 14.2 Å². The second kappa shape index (κ2) is 7.18. The highest BCUT2D eigenvalue weighted by atomic mass is 19.4. The summed E-state index contributed by atoms with van der Waals surface area (Å²) in [6.07, 6.45) is -3.09. The summed E-state index contributed by atoms with van der Waals surface area (Å²) in [6.45, 7) is 0. The molecule has 0 bridgehead atoms. The van der Waals surface area contributed by atoms with Gasteiger partial charge in [0.15, 0.2) is 11.5 Å². The molecule has 142 valence electrons. The van der Waals surface area contributed by atoms with Gasteiger partial charge in [0, 0.05) is 17.7 Å². The van der Waals surface area contributed by atoms with Gasteiger partial charge in [-0.1, -0.05) is 23.4 Å². The van der Waals surface area contributed by atoms with Crippen molar-refractivity contribution in [2.45, 2.75) is 6.18 Å². The molecule has 1 aromatic heterocycles. The zero-order chi connectivity index (χ0) is 19.6. The van der Waals surface area contributed by atoms with E-state index in [0.29, 0.717) is 22.9 Å². The SMILES string of the molecule is COc1cc(-n2cc(-c3ccccc3C(F)(F)F)nn2)cc(OC)c1OC. The predicted octanol–water partition coefficient (Wildman–Crippen LogP) is 3.98. The van der Waals surface area contributed by atoms with Crippen LogP contribution in [0.5, 0.6) is 17.2 Å². The van der Waals surface area contributed by atoms with Gasteiger partial charge in [-0.25, -0.2) is 4.68 Å². The van der Waals surface area contributed by atoms with Crippen LogP contribution >= 0.6 is 0 Å². The van der Waals surface area contributed by atoms with Crippen molar-refractivity contribution in [1.29, 1.82) is 0 Å². The van der Waals surface area contributed by atoms with E-state index < -0.39 is 11.7 Å². The molecule has 0 atom stereocenters. The fourth-order valence-corrected chi connectivity index (χ4v) is 2.67. The third-order valence-electron chi connectivity index (χ3n) is 3.92. The van der Waals surface area contributed by atoms with Crippen LogP contribution in [0, 0.1) is 0 Å². The number of rotatable bonds is 5. The molecule has 6 nitrogen and oxygen atoms in total. The molecule has 2 aromatic carbocycles. The average molecular weight is 379 g/mol. The molecule has 0 unspecified atom stereocenters. The Balaban J connectivity index is 2.08. The first-order valence-electron chi connectivity index (χ1n) is 7.78. The van der Waals surface area contributed by atoms with Crippen molar-refractivity contribution in [3.8, 4) is 34.2 Å². The van der Waals surface area contributed by atoms with E-state index in [1.54, 1.807) is 12.1 Å². The lowest BCUT2D eigenvalue weighted by Crippen LogP contribution is -2.06. The van der Waals surface area contributed by atoms with E-state index in [2.05, 4.69) is 10.3 Å². The quantitative estimate of drug-likeness (QED) is 0.671. The zero-order valence-corrected chi connectivity index (χ0v) is 14.7. The standard InChI is InChI=1S/C18H16F3N3O3/c1-25-15-8-11(9-16(26-2)17(15)27-3)24-10-14(22-23-24)12-6-4-5-7-13(12)18(19,20)21/h4-10H,1-3H3. The Hall–Kier alpha value is -3.23. The highest BCUT2D eigenvalue weighted by Crippen LogP contribution is 2.40. The van der Waals surface area contributed by atoms with Crippen molar-refractivity contribution in [1.82, 2.24) is 15.0 Å². The number of alkyl halides is 3. The molecule has 3 rings (SSSR count). The molecule has 0 saturated heterocycles. The Kier molecular flexibility index (Phi) is 4.93. The van der Waals surface area contributed by atoms with Crippen molar-refractivity contribution >= 4 is 0 Å². The molecule has 0 radical (unpaired) electrons. The normalized spacial score (nSPS) is 11.3. The van der Waals surface area contributed by atoms with Crippen molar-refractivity contribution in [3.63, 3.8) is 0 Å². The number of hydrogen-bond donors (Lipinski definition) is 0. The minimum atomic E-state index is -4.49. The Labute approximate surface area is 153 Å². The fraction of sp³-hybridized carbons (Fsp3) is 0.222. The van der Waals surface area contributed by atoms with E-state index in [1.807, 2.05) is 0 Å². The number of methoxy groups -OCH3 is 3. The fourth-order valence-electron chi connectivity index (χ4n) is 2.67. The van der Waals surface area contributed by atoms with Gasteiger partial charge in [-0.15, -0.1) is 5.10 Å². The lowest BCUT2D eigenvalue weighted by molar-refractivity contribution is -0.137. The molecule has 0 fully saturated rings. The maximum absolute atomic E-state index is 13.2. The van der Waals surface area contributed by atoms with E-state index in [-0.39, 0.29) is 11.3 Å². The molecule has 0 saturated carbocycles. The van der Waals surface area contributed by atoms with Crippen LogP contribution in [-0.2, 0) is 6.18 Å². The number of benzene rings is 2. The van der Waals surface area contributed by atoms with Gasteiger partial charge in [0.05, 0.1) is 38.8 Å². The molecule has 1 heterocycles. The molecule has 0 aliphatic heterocycles. The molecular weight excluding hydrogens is 363 g/mol. The Morgan fingerprint density at radius 3 is 2.11 bits per heavy atom. The summed E-state index contributed by atoms with van der Waals surface area (Å²) < 4.78 is 56.9. The maximum atomic E-state index is 13.2. The first-order chi connectivity index (χ1) is 12.9. The van der Waals surface area contributed by atoms with Crippen LogP contribution in [-0.4, -0.2) is 36.3 Å². The van der Waals surface area contributed by atoms with Gasteiger partial charge in [-0.05, 0) is 6.07 Å². The number of ether oxygens (including phenoxy) is 3. The van der Waals surface area contributed by atoms with Gasteiger partial charge in [-0.3, -0.25) is 0 Å². The van der Waals surface area contributed by atoms with Gasteiger partial charge in [0.25, 0.3) is 0 Å². The third kappa shape index (κ3) is 3.53. The minimum absolute atomic E-state index is 0.0521. The summed E-state index contributed by atoms with van der Waals surface area (Å²) in [6, 6.07) is 8.45. The predicted molar refractivity (Wildman–Crippen MR) is 91.5 cm³/mol. The monoisotopic (exact) mass is 379 g/mol. The summed E-state index contributed by atoms with van der Waals surface area (Å²) in [7, 11) is 4.41. The van der Waals surface area contributed by atoms with E-state index in [0.717, 1.165) is 6.07 Å². The first-order valence-corrected chi connectivity index (χ1v) is 7.78. The van der Waals surface area contributed by atoms with E-state index >= 15 is 0 Å². The number of halogens is 3. The van der Waals surface area contributed by atoms with Gasteiger partial charge in [0.2, 0.25) is 5.75 Å². The van der Waals surface area contributed by atoms with Crippen LogP contribution in [0.1, 0.15) is 5.56 Å². The summed E-state index contributed by atoms with van der Waals surface area (Å²) in [5.41, 5.74) is -0.241. The number of aromatic nitrogens is 3. The highest BCUT2D eigenvalue weighted by Gasteiger charge is 2.34. The van der Waals surface area contributed by atoms with E-state index in [4.69, 9.17) is 14.2 Å². The van der Waals surface area contributed by atoms with Crippen molar-refractivity contribution in [3.05, 3.63) is 48.2 Å². The van der Waals surface area contributed by atoms with E-state index in [9.17, 15) is 13.2 Å². The van der Waals surface area contributed by atoms with Gasteiger partial charge in [-0.2, -0.15) is 13.2 Å². The second-order valence-corrected chi connectivity index (χ2v) is 5.48. The Bertz CT molecular complexity index is 929. The molecule has 27 heavy (non-hydrogen) atoms. The van der Waals surface area contributed by atoms with Crippen molar-refractivity contribution < 1.29 is 27.4 Å². The number of nitrogens with zero attached hydrogens (tertiary/aromatic N) is 3. The van der Waals surface area contributed by atoms with Crippen molar-refractivity contribution in [2.24, 2.45) is 0 Å². The highest BCUT2D eigenvalue weighted by molar-refractivity contribution is 5.64. The summed E-state index contributed by atoms with van der Waals surface area (Å²) in [5.74, 6) is 1.17. The molecule has 0 N–H and O–H groups in total. The van der Waals surface area contributed by atoms with Crippen LogP contribution < -0.4 is 14.2 Å². The van der Waals surface area contributed by atoms with Gasteiger partial charge >= 0.3 is 6.18 Å². The topological polar surface area (TPSA) is 58.4 Å². The molecule has 0 aliphatic rings. The van der Waals surface area contributed by atoms with Gasteiger partial charge in [0.1, 0.15) is 5.69 Å². The van der Waals surface area contributed by atoms with E-state index in [1.165, 1.54) is 50.4 Å². The summed E-state index contributed by atoms with van der Waals surface area (Å²) in [5, 5.41) is 7.83. The second-order valence-electron chi connectivity index (χ2n) is 5.48. The molecule has 0 amide bonds. The largest absolute Gasteiger partial charge is 0.493 e. The molecule has 0 spiro atoms. The average Bonchev–Trinajstić information content (AvgIpc) is 3.16. The first kappa shape index (κ1) is 18.6. The number of hydrogen-bond acceptors (Lipinski definition) is 5. The smallest absolute Gasteiger partial charge is 0.417 e. The molecule has 0 aliphatic carbocycles. The van der Waals surface area contributed by atoms with Crippen LogP contribution in [0.3, 0.4) is 0 Å². The van der Waals surface area contributed by atoms with Crippen LogP contribution in [0.15, 0.2) is 42.6 Å². The van der Waals surface area contributed by atoms with Crippen LogP contribution in [0.25, 0.3) is 16.9 Å². The van der Waals surface area contributed by atoms with Crippen LogP contribution in [0.2, 0.25) is 0 Å². The van der Waals surface area contributed by atoms with Crippen molar-refractivity contribution in [2.75, 3.05) is 21.3 Å². The summed E-state index contributed by atoms with van der Waals surface area (Å²) in [4.78, 5) is 0. The lowest BCUT2D eigenvalue weighted by atomic mass is 10.0. The Morgan fingerprint density at radius 1 is 0.926 bits per heavy atom. The Morgan fingerprint density at radius 2 is 1.56 bits per heavy atom. The third-order valence-corrected chi connectivity index (χ3v) is 3.92. The zero-order valence-electron chi connectivity index (χ0n) is 14.7. The molecule has 3 aromatic rings. The molecule has 9 heteroatoms. The molecular formula is C18H16F3N3O3. The summed E-state index contributed by atoms with van der Waals surface area (Å²) >= 11 is 0. The lowest BCUT2D eigenvalue weighted by Gasteiger charge is -2.13.